The van der Waals surface area contributed by atoms with Gasteiger partial charge in [0.15, 0.2) is 0 Å². The van der Waals surface area contributed by atoms with E-state index in [1.165, 1.54) is 16.9 Å². The first-order valence-electron chi connectivity index (χ1n) is 5.78. The second-order valence-corrected chi connectivity index (χ2v) is 4.00. The summed E-state index contributed by atoms with van der Waals surface area (Å²) >= 11 is 0. The van der Waals surface area contributed by atoms with E-state index in [4.69, 9.17) is 4.42 Å². The molecule has 0 radical (unpaired) electrons. The highest BCUT2D eigenvalue weighted by Gasteiger charge is 2.14. The average Bonchev–Trinajstić information content (AvgIpc) is 3.10. The number of aromatic nitrogens is 4. The molecule has 3 aromatic rings. The molecule has 0 amide bonds. The number of nitro groups is 1. The summed E-state index contributed by atoms with van der Waals surface area (Å²) in [5.41, 5.74) is 0.817. The zero-order valence-corrected chi connectivity index (χ0v) is 10.2. The fraction of sp³-hybridized carbons (Fsp3) is 0.0833. The lowest BCUT2D eigenvalue weighted by molar-refractivity contribution is -0.389. The van der Waals surface area contributed by atoms with E-state index in [-0.39, 0.29) is 12.4 Å². The molecule has 2 aromatic heterocycles. The summed E-state index contributed by atoms with van der Waals surface area (Å²) < 4.78 is 6.87. The number of hydrogen-bond donors (Lipinski definition) is 0. The van der Waals surface area contributed by atoms with Gasteiger partial charge in [0.05, 0.1) is 17.4 Å². The fourth-order valence-corrected chi connectivity index (χ4v) is 1.69. The Morgan fingerprint density at radius 3 is 2.70 bits per heavy atom. The third kappa shape index (κ3) is 2.39. The molecule has 0 atom stereocenters. The van der Waals surface area contributed by atoms with Crippen molar-refractivity contribution < 1.29 is 9.34 Å². The molecule has 0 saturated heterocycles. The van der Waals surface area contributed by atoms with Crippen LogP contribution >= 0.6 is 0 Å². The lowest BCUT2D eigenvalue weighted by Gasteiger charge is -1.92. The van der Waals surface area contributed by atoms with Crippen LogP contribution in [-0.2, 0) is 6.54 Å². The van der Waals surface area contributed by atoms with Crippen LogP contribution in [0.1, 0.15) is 5.89 Å². The summed E-state index contributed by atoms with van der Waals surface area (Å²) in [6, 6.07) is 10.7. The van der Waals surface area contributed by atoms with Crippen LogP contribution in [0, 0.1) is 10.1 Å². The van der Waals surface area contributed by atoms with Gasteiger partial charge in [-0.05, 0) is 17.1 Å². The van der Waals surface area contributed by atoms with Crippen molar-refractivity contribution in [2.45, 2.75) is 6.54 Å². The molecule has 0 spiro atoms. The highest BCUT2D eigenvalue weighted by Crippen LogP contribution is 2.17. The third-order valence-electron chi connectivity index (χ3n) is 2.60. The smallest absolute Gasteiger partial charge is 0.389 e. The molecule has 3 rings (SSSR count). The van der Waals surface area contributed by atoms with Crippen LogP contribution in [0.5, 0.6) is 0 Å². The quantitative estimate of drug-likeness (QED) is 0.530. The SMILES string of the molecule is O=[N+]([O-])c1ccn(Cc2nnc(-c3ccccc3)o2)n1. The van der Waals surface area contributed by atoms with E-state index in [1.807, 2.05) is 30.3 Å². The molecular formula is C12H9N5O3. The van der Waals surface area contributed by atoms with Gasteiger partial charge in [0.2, 0.25) is 11.8 Å². The maximum Gasteiger partial charge on any atom is 0.389 e. The van der Waals surface area contributed by atoms with E-state index < -0.39 is 4.92 Å². The lowest BCUT2D eigenvalue weighted by Crippen LogP contribution is -2.01. The highest BCUT2D eigenvalue weighted by atomic mass is 16.6. The summed E-state index contributed by atoms with van der Waals surface area (Å²) in [5.74, 6) is 0.525. The first-order valence-corrected chi connectivity index (χ1v) is 5.78. The van der Waals surface area contributed by atoms with E-state index >= 15 is 0 Å². The van der Waals surface area contributed by atoms with Crippen molar-refractivity contribution in [3.63, 3.8) is 0 Å². The summed E-state index contributed by atoms with van der Waals surface area (Å²) in [6.45, 7) is 0.188. The van der Waals surface area contributed by atoms with Gasteiger partial charge in [-0.1, -0.05) is 18.2 Å². The van der Waals surface area contributed by atoms with Crippen molar-refractivity contribution in [1.29, 1.82) is 0 Å². The van der Waals surface area contributed by atoms with Crippen LogP contribution in [0.2, 0.25) is 0 Å². The summed E-state index contributed by atoms with van der Waals surface area (Å²) in [5, 5.41) is 22.1. The average molecular weight is 271 g/mol. The highest BCUT2D eigenvalue weighted by molar-refractivity contribution is 5.51. The Bertz CT molecular complexity index is 734. The van der Waals surface area contributed by atoms with Crippen LogP contribution in [0.4, 0.5) is 5.82 Å². The first kappa shape index (κ1) is 12.0. The molecule has 100 valence electrons. The molecule has 0 bridgehead atoms. The third-order valence-corrected chi connectivity index (χ3v) is 2.60. The normalized spacial score (nSPS) is 10.6. The molecule has 1 aromatic carbocycles. The van der Waals surface area contributed by atoms with Crippen LogP contribution in [0.3, 0.4) is 0 Å². The Kier molecular flexibility index (Phi) is 2.96. The van der Waals surface area contributed by atoms with Gasteiger partial charge in [0.1, 0.15) is 6.54 Å². The Morgan fingerprint density at radius 2 is 2.00 bits per heavy atom. The zero-order valence-electron chi connectivity index (χ0n) is 10.2. The van der Waals surface area contributed by atoms with Crippen molar-refractivity contribution in [1.82, 2.24) is 20.0 Å². The summed E-state index contributed by atoms with van der Waals surface area (Å²) in [7, 11) is 0. The minimum absolute atomic E-state index is 0.188. The van der Waals surface area contributed by atoms with E-state index in [9.17, 15) is 10.1 Å². The van der Waals surface area contributed by atoms with Gasteiger partial charge in [-0.3, -0.25) is 0 Å². The van der Waals surface area contributed by atoms with Crippen molar-refractivity contribution in [3.8, 4) is 11.5 Å². The Hall–Kier alpha value is -3.03. The molecule has 0 N–H and O–H groups in total. The Labute approximate surface area is 112 Å². The predicted octanol–water partition coefficient (Wildman–Crippen LogP) is 1.89. The van der Waals surface area contributed by atoms with Crippen molar-refractivity contribution >= 4 is 5.82 Å². The van der Waals surface area contributed by atoms with Gasteiger partial charge < -0.3 is 14.5 Å². The molecule has 0 aliphatic rings. The molecule has 20 heavy (non-hydrogen) atoms. The van der Waals surface area contributed by atoms with E-state index in [0.29, 0.717) is 11.8 Å². The second-order valence-electron chi connectivity index (χ2n) is 4.00. The monoisotopic (exact) mass is 271 g/mol. The molecular weight excluding hydrogens is 262 g/mol. The molecule has 0 fully saturated rings. The van der Waals surface area contributed by atoms with Crippen molar-refractivity contribution in [2.24, 2.45) is 0 Å². The molecule has 0 unspecified atom stereocenters. The van der Waals surface area contributed by atoms with Crippen molar-refractivity contribution in [2.75, 3.05) is 0 Å². The predicted molar refractivity (Wildman–Crippen MR) is 67.7 cm³/mol. The van der Waals surface area contributed by atoms with Gasteiger partial charge in [-0.2, -0.15) is 4.68 Å². The van der Waals surface area contributed by atoms with E-state index in [1.54, 1.807) is 0 Å². The van der Waals surface area contributed by atoms with E-state index in [0.717, 1.165) is 5.56 Å². The lowest BCUT2D eigenvalue weighted by atomic mass is 10.2. The second kappa shape index (κ2) is 4.92. The van der Waals surface area contributed by atoms with E-state index in [2.05, 4.69) is 15.3 Å². The summed E-state index contributed by atoms with van der Waals surface area (Å²) in [4.78, 5) is 9.98. The standard InChI is InChI=1S/C12H9N5O3/c18-17(19)10-6-7-16(15-10)8-11-13-14-12(20-11)9-4-2-1-3-5-9/h1-7H,8H2. The van der Waals surface area contributed by atoms with Crippen LogP contribution in [0.15, 0.2) is 47.0 Å². The fourth-order valence-electron chi connectivity index (χ4n) is 1.69. The molecule has 0 saturated carbocycles. The number of hydrogen-bond acceptors (Lipinski definition) is 6. The number of rotatable bonds is 4. The Morgan fingerprint density at radius 1 is 1.20 bits per heavy atom. The molecule has 2 heterocycles. The van der Waals surface area contributed by atoms with Crippen LogP contribution < -0.4 is 0 Å². The minimum Gasteiger partial charge on any atom is -0.419 e. The molecule has 0 aliphatic heterocycles. The summed E-state index contributed by atoms with van der Waals surface area (Å²) in [6.07, 6.45) is 1.49. The Balaban J connectivity index is 1.78. The zero-order chi connectivity index (χ0) is 13.9. The molecule has 8 heteroatoms. The maximum atomic E-state index is 10.5. The van der Waals surface area contributed by atoms with Crippen LogP contribution in [0.25, 0.3) is 11.5 Å². The minimum atomic E-state index is -0.556. The van der Waals surface area contributed by atoms with Crippen LogP contribution in [-0.4, -0.2) is 24.9 Å². The van der Waals surface area contributed by atoms with Gasteiger partial charge in [-0.15, -0.1) is 10.2 Å². The largest absolute Gasteiger partial charge is 0.419 e. The molecule has 8 nitrogen and oxygen atoms in total. The van der Waals surface area contributed by atoms with Gasteiger partial charge >= 0.3 is 5.82 Å². The van der Waals surface area contributed by atoms with Gasteiger partial charge in [0.25, 0.3) is 0 Å². The van der Waals surface area contributed by atoms with Crippen molar-refractivity contribution in [3.05, 3.63) is 58.6 Å². The maximum absolute atomic E-state index is 10.5. The molecule has 0 aliphatic carbocycles. The first-order chi connectivity index (χ1) is 9.72. The van der Waals surface area contributed by atoms with Gasteiger partial charge in [0, 0.05) is 5.56 Å². The topological polar surface area (TPSA) is 99.9 Å². The number of benzene rings is 1. The van der Waals surface area contributed by atoms with Gasteiger partial charge in [-0.25, -0.2) is 0 Å². The number of nitrogens with zero attached hydrogens (tertiary/aromatic N) is 5.